The highest BCUT2D eigenvalue weighted by molar-refractivity contribution is 9.10. The molecule has 2 N–H and O–H groups in total. The van der Waals surface area contributed by atoms with Crippen molar-refractivity contribution in [2.45, 2.75) is 13.3 Å². The third kappa shape index (κ3) is 5.24. The molecule has 3 rings (SSSR count). The van der Waals surface area contributed by atoms with E-state index in [-0.39, 0.29) is 11.8 Å². The number of aromatic nitrogens is 1. The van der Waals surface area contributed by atoms with Gasteiger partial charge >= 0.3 is 0 Å². The molecule has 5 nitrogen and oxygen atoms in total. The van der Waals surface area contributed by atoms with Gasteiger partial charge in [0.05, 0.1) is 11.3 Å². The number of amides is 2. The van der Waals surface area contributed by atoms with Gasteiger partial charge in [-0.05, 0) is 46.1 Å². The predicted octanol–water partition coefficient (Wildman–Crippen LogP) is 4.64. The van der Waals surface area contributed by atoms with Gasteiger partial charge in [-0.2, -0.15) is 0 Å². The van der Waals surface area contributed by atoms with Crippen LogP contribution in [0.2, 0.25) is 0 Å². The average molecular weight is 462 g/mol. The van der Waals surface area contributed by atoms with Gasteiger partial charge in [-0.25, -0.2) is 9.37 Å². The summed E-state index contributed by atoms with van der Waals surface area (Å²) in [6.07, 6.45) is 0.755. The zero-order valence-electron chi connectivity index (χ0n) is 15.0. The molecule has 144 valence electrons. The Morgan fingerprint density at radius 3 is 2.61 bits per heavy atom. The molecule has 0 saturated carbocycles. The van der Waals surface area contributed by atoms with Gasteiger partial charge in [-0.3, -0.25) is 14.9 Å². The molecule has 0 fully saturated rings. The first kappa shape index (κ1) is 20.2. The predicted molar refractivity (Wildman–Crippen MR) is 112 cm³/mol. The van der Waals surface area contributed by atoms with Gasteiger partial charge in [0.1, 0.15) is 5.82 Å². The minimum absolute atomic E-state index is 0.0404. The Labute approximate surface area is 174 Å². The Morgan fingerprint density at radius 2 is 1.93 bits per heavy atom. The lowest BCUT2D eigenvalue weighted by molar-refractivity contribution is -0.118. The Morgan fingerprint density at radius 1 is 1.18 bits per heavy atom. The van der Waals surface area contributed by atoms with E-state index in [9.17, 15) is 14.0 Å². The minimum Gasteiger partial charge on any atom is -0.356 e. The largest absolute Gasteiger partial charge is 0.356 e. The Balaban J connectivity index is 1.65. The van der Waals surface area contributed by atoms with Gasteiger partial charge in [0, 0.05) is 28.9 Å². The van der Waals surface area contributed by atoms with E-state index >= 15 is 0 Å². The van der Waals surface area contributed by atoms with Crippen molar-refractivity contribution in [2.75, 3.05) is 11.9 Å². The number of thiazole rings is 1. The molecule has 0 spiro atoms. The molecular formula is C20H17BrFN3O2S. The van der Waals surface area contributed by atoms with Crippen LogP contribution >= 0.6 is 27.3 Å². The summed E-state index contributed by atoms with van der Waals surface area (Å²) in [5, 5.41) is 7.83. The molecule has 28 heavy (non-hydrogen) atoms. The van der Waals surface area contributed by atoms with Gasteiger partial charge < -0.3 is 5.32 Å². The fraction of sp³-hybridized carbons (Fsp3) is 0.150. The molecule has 0 radical (unpaired) electrons. The van der Waals surface area contributed by atoms with Crippen molar-refractivity contribution < 1.29 is 14.0 Å². The molecule has 0 aliphatic heterocycles. The Hall–Kier alpha value is -2.58. The van der Waals surface area contributed by atoms with Crippen molar-refractivity contribution in [3.05, 3.63) is 69.3 Å². The second kappa shape index (κ2) is 9.07. The fourth-order valence-electron chi connectivity index (χ4n) is 2.53. The number of halogens is 2. The van der Waals surface area contributed by atoms with E-state index in [1.807, 2.05) is 29.6 Å². The maximum Gasteiger partial charge on any atom is 0.258 e. The molecule has 0 saturated heterocycles. The number of nitrogens with one attached hydrogen (secondary N) is 2. The lowest BCUT2D eigenvalue weighted by Crippen LogP contribution is -2.22. The quantitative estimate of drug-likeness (QED) is 0.561. The molecule has 0 atom stereocenters. The van der Waals surface area contributed by atoms with Crippen molar-refractivity contribution in [1.82, 2.24) is 10.3 Å². The molecule has 2 aromatic carbocycles. The molecule has 1 aromatic heterocycles. The third-order valence-electron chi connectivity index (χ3n) is 3.94. The van der Waals surface area contributed by atoms with Gasteiger partial charge in [-0.1, -0.05) is 24.3 Å². The van der Waals surface area contributed by atoms with Crippen LogP contribution in [0, 0.1) is 5.82 Å². The number of hydrogen-bond donors (Lipinski definition) is 2. The van der Waals surface area contributed by atoms with Crippen LogP contribution in [-0.2, 0) is 11.2 Å². The van der Waals surface area contributed by atoms with E-state index in [4.69, 9.17) is 0 Å². The molecule has 0 unspecified atom stereocenters. The van der Waals surface area contributed by atoms with E-state index < -0.39 is 5.82 Å². The number of hydrogen-bond acceptors (Lipinski definition) is 4. The fourth-order valence-corrected chi connectivity index (χ4v) is 3.77. The summed E-state index contributed by atoms with van der Waals surface area (Å²) in [7, 11) is 0. The van der Waals surface area contributed by atoms with Crippen molar-refractivity contribution in [2.24, 2.45) is 0 Å². The van der Waals surface area contributed by atoms with Gasteiger partial charge in [-0.15, -0.1) is 11.3 Å². The van der Waals surface area contributed by atoms with Crippen LogP contribution < -0.4 is 10.6 Å². The third-order valence-corrected chi connectivity index (χ3v) is 5.35. The molecular weight excluding hydrogens is 445 g/mol. The molecule has 0 aliphatic rings. The molecule has 0 aliphatic carbocycles. The summed E-state index contributed by atoms with van der Waals surface area (Å²) in [6.45, 7) is 2.09. The minimum atomic E-state index is -0.416. The normalized spacial score (nSPS) is 10.5. The number of anilines is 1. The van der Waals surface area contributed by atoms with Crippen LogP contribution in [0.1, 0.15) is 22.8 Å². The summed E-state index contributed by atoms with van der Waals surface area (Å²) in [4.78, 5) is 27.7. The van der Waals surface area contributed by atoms with Crippen LogP contribution in [0.3, 0.4) is 0 Å². The van der Waals surface area contributed by atoms with Crippen LogP contribution in [-0.4, -0.2) is 23.3 Å². The summed E-state index contributed by atoms with van der Waals surface area (Å²) in [6, 6.07) is 11.8. The first-order chi connectivity index (χ1) is 13.4. The first-order valence-electron chi connectivity index (χ1n) is 8.48. The van der Waals surface area contributed by atoms with Gasteiger partial charge in [0.2, 0.25) is 5.91 Å². The number of rotatable bonds is 6. The Bertz CT molecular complexity index is 1000. The maximum absolute atomic E-state index is 13.2. The van der Waals surface area contributed by atoms with Crippen molar-refractivity contribution >= 4 is 44.2 Å². The highest BCUT2D eigenvalue weighted by atomic mass is 79.9. The zero-order valence-corrected chi connectivity index (χ0v) is 17.4. The van der Waals surface area contributed by atoms with Crippen molar-refractivity contribution in [1.29, 1.82) is 0 Å². The SMILES string of the molecule is CC(=O)NCCc1ccc(-c2csc(NC(=O)c3ccc(F)cc3Br)n2)cc1. The topological polar surface area (TPSA) is 71.1 Å². The summed E-state index contributed by atoms with van der Waals surface area (Å²) < 4.78 is 13.6. The lowest BCUT2D eigenvalue weighted by Gasteiger charge is -2.05. The van der Waals surface area contributed by atoms with E-state index in [0.29, 0.717) is 21.7 Å². The second-order valence-corrected chi connectivity index (χ2v) is 7.76. The summed E-state index contributed by atoms with van der Waals surface area (Å²) >= 11 is 4.51. The summed E-state index contributed by atoms with van der Waals surface area (Å²) in [5.41, 5.74) is 3.14. The van der Waals surface area contributed by atoms with E-state index in [1.165, 1.54) is 36.5 Å². The maximum atomic E-state index is 13.2. The molecule has 8 heteroatoms. The smallest absolute Gasteiger partial charge is 0.258 e. The monoisotopic (exact) mass is 461 g/mol. The Kier molecular flexibility index (Phi) is 6.53. The number of nitrogens with zero attached hydrogens (tertiary/aromatic N) is 1. The average Bonchev–Trinajstić information content (AvgIpc) is 3.10. The number of carbonyl (C=O) groups excluding carboxylic acids is 2. The van der Waals surface area contributed by atoms with E-state index in [1.54, 1.807) is 0 Å². The standard InChI is InChI=1S/C20H17BrFN3O2S/c1-12(26)23-9-8-13-2-4-14(5-3-13)18-11-28-20(24-18)25-19(27)16-7-6-15(22)10-17(16)21/h2-7,10-11H,8-9H2,1H3,(H,23,26)(H,24,25,27). The molecule has 1 heterocycles. The van der Waals surface area contributed by atoms with Crippen molar-refractivity contribution in [3.8, 4) is 11.3 Å². The second-order valence-electron chi connectivity index (χ2n) is 6.05. The molecule has 2 amide bonds. The van der Waals surface area contributed by atoms with Crippen LogP contribution in [0.25, 0.3) is 11.3 Å². The van der Waals surface area contributed by atoms with Crippen LogP contribution in [0.4, 0.5) is 9.52 Å². The lowest BCUT2D eigenvalue weighted by atomic mass is 10.1. The van der Waals surface area contributed by atoms with Crippen molar-refractivity contribution in [3.63, 3.8) is 0 Å². The number of benzene rings is 2. The van der Waals surface area contributed by atoms with Gasteiger partial charge in [0.25, 0.3) is 5.91 Å². The highest BCUT2D eigenvalue weighted by Crippen LogP contribution is 2.26. The van der Waals surface area contributed by atoms with Crippen LogP contribution in [0.15, 0.2) is 52.3 Å². The molecule has 3 aromatic rings. The highest BCUT2D eigenvalue weighted by Gasteiger charge is 2.13. The zero-order chi connectivity index (χ0) is 20.1. The molecule has 0 bridgehead atoms. The van der Waals surface area contributed by atoms with E-state index in [0.717, 1.165) is 23.2 Å². The number of carbonyl (C=O) groups is 2. The summed E-state index contributed by atoms with van der Waals surface area (Å²) in [5.74, 6) is -0.817. The first-order valence-corrected chi connectivity index (χ1v) is 10.2. The van der Waals surface area contributed by atoms with E-state index in [2.05, 4.69) is 31.5 Å². The van der Waals surface area contributed by atoms with Crippen LogP contribution in [0.5, 0.6) is 0 Å². The van der Waals surface area contributed by atoms with Gasteiger partial charge in [0.15, 0.2) is 5.13 Å².